The van der Waals surface area contributed by atoms with E-state index in [9.17, 15) is 14.4 Å². The average Bonchev–Trinajstić information content (AvgIpc) is 3.09. The number of anilines is 1. The summed E-state index contributed by atoms with van der Waals surface area (Å²) in [6, 6.07) is 7.76. The number of fused-ring (bicyclic) bond motifs is 1. The van der Waals surface area contributed by atoms with E-state index in [4.69, 9.17) is 4.74 Å². The second-order valence-corrected chi connectivity index (χ2v) is 7.12. The van der Waals surface area contributed by atoms with Crippen LogP contribution < -0.4 is 4.90 Å². The lowest BCUT2D eigenvalue weighted by Crippen LogP contribution is -2.43. The molecule has 1 aliphatic heterocycles. The van der Waals surface area contributed by atoms with Crippen LogP contribution in [0.4, 0.5) is 5.69 Å². The molecule has 0 bridgehead atoms. The smallest absolute Gasteiger partial charge is 0.355 e. The molecule has 1 aromatic carbocycles. The number of ketones is 1. The number of aryl methyl sites for hydroxylation is 1. The lowest BCUT2D eigenvalue weighted by Gasteiger charge is -2.25. The van der Waals surface area contributed by atoms with E-state index in [-0.39, 0.29) is 23.4 Å². The minimum Gasteiger partial charge on any atom is -0.448 e. The molecule has 0 saturated carbocycles. The van der Waals surface area contributed by atoms with Crippen LogP contribution in [0.2, 0.25) is 0 Å². The number of hydrogen-bond acceptors (Lipinski definition) is 4. The summed E-state index contributed by atoms with van der Waals surface area (Å²) in [5.74, 6) is -1.01. The van der Waals surface area contributed by atoms with Crippen LogP contribution in [0.5, 0.6) is 0 Å². The third-order valence-electron chi connectivity index (χ3n) is 5.07. The first kappa shape index (κ1) is 18.9. The highest BCUT2D eigenvalue weighted by Gasteiger charge is 2.35. The molecule has 0 fully saturated rings. The monoisotopic (exact) mass is 368 g/mol. The Morgan fingerprint density at radius 3 is 2.52 bits per heavy atom. The SMILES string of the molecule is CC(=O)c1c(C)[nH]c(C(=O)O[C@H](C)C(=O)N2c3ccccc3C[C@H]2C)c1C. The topological polar surface area (TPSA) is 79.5 Å². The number of carbonyl (C=O) groups excluding carboxylic acids is 3. The highest BCUT2D eigenvalue weighted by atomic mass is 16.5. The number of Topliss-reactive ketones (excluding diaryl/α,β-unsaturated/α-hetero) is 1. The predicted octanol–water partition coefficient (Wildman–Crippen LogP) is 3.36. The van der Waals surface area contributed by atoms with Crippen molar-refractivity contribution in [3.63, 3.8) is 0 Å². The summed E-state index contributed by atoms with van der Waals surface area (Å²) in [5.41, 5.74) is 3.84. The molecule has 1 aliphatic rings. The summed E-state index contributed by atoms with van der Waals surface area (Å²) < 4.78 is 5.43. The second-order valence-electron chi connectivity index (χ2n) is 7.12. The number of aromatic amines is 1. The van der Waals surface area contributed by atoms with Crippen molar-refractivity contribution in [3.05, 3.63) is 52.3 Å². The molecule has 3 rings (SSSR count). The van der Waals surface area contributed by atoms with Gasteiger partial charge in [-0.15, -0.1) is 0 Å². The molecule has 2 aromatic rings. The van der Waals surface area contributed by atoms with Crippen molar-refractivity contribution in [3.8, 4) is 0 Å². The summed E-state index contributed by atoms with van der Waals surface area (Å²) in [5, 5.41) is 0. The average molecular weight is 368 g/mol. The Bertz CT molecular complexity index is 928. The van der Waals surface area contributed by atoms with E-state index in [0.29, 0.717) is 16.8 Å². The van der Waals surface area contributed by atoms with E-state index >= 15 is 0 Å². The zero-order valence-electron chi connectivity index (χ0n) is 16.3. The van der Waals surface area contributed by atoms with Crippen molar-refractivity contribution in [1.29, 1.82) is 0 Å². The van der Waals surface area contributed by atoms with Gasteiger partial charge in [-0.05, 0) is 58.2 Å². The molecule has 2 atom stereocenters. The van der Waals surface area contributed by atoms with Gasteiger partial charge in [0, 0.05) is 23.0 Å². The van der Waals surface area contributed by atoms with Gasteiger partial charge in [0.2, 0.25) is 0 Å². The fourth-order valence-electron chi connectivity index (χ4n) is 3.85. The van der Waals surface area contributed by atoms with Crippen molar-refractivity contribution in [2.45, 2.75) is 53.2 Å². The molecule has 0 unspecified atom stereocenters. The first-order valence-electron chi connectivity index (χ1n) is 9.04. The zero-order chi connectivity index (χ0) is 19.9. The van der Waals surface area contributed by atoms with Crippen molar-refractivity contribution >= 4 is 23.3 Å². The van der Waals surface area contributed by atoms with Crippen molar-refractivity contribution in [2.75, 3.05) is 4.90 Å². The maximum absolute atomic E-state index is 12.9. The Hall–Kier alpha value is -2.89. The summed E-state index contributed by atoms with van der Waals surface area (Å²) in [4.78, 5) is 41.9. The summed E-state index contributed by atoms with van der Waals surface area (Å²) in [6.07, 6.45) is -0.158. The van der Waals surface area contributed by atoms with Crippen LogP contribution >= 0.6 is 0 Å². The third-order valence-corrected chi connectivity index (χ3v) is 5.07. The summed E-state index contributed by atoms with van der Waals surface area (Å²) in [6.45, 7) is 8.44. The Labute approximate surface area is 158 Å². The third kappa shape index (κ3) is 3.27. The maximum atomic E-state index is 12.9. The number of aromatic nitrogens is 1. The molecule has 142 valence electrons. The molecule has 27 heavy (non-hydrogen) atoms. The maximum Gasteiger partial charge on any atom is 0.355 e. The highest BCUT2D eigenvalue weighted by molar-refractivity contribution is 6.03. The minimum atomic E-state index is -0.935. The quantitative estimate of drug-likeness (QED) is 0.663. The fourth-order valence-corrected chi connectivity index (χ4v) is 3.85. The number of esters is 1. The lowest BCUT2D eigenvalue weighted by atomic mass is 10.1. The van der Waals surface area contributed by atoms with E-state index in [1.54, 1.807) is 25.7 Å². The van der Waals surface area contributed by atoms with Crippen LogP contribution in [-0.2, 0) is 16.0 Å². The zero-order valence-corrected chi connectivity index (χ0v) is 16.3. The second kappa shape index (κ2) is 7.02. The van der Waals surface area contributed by atoms with Gasteiger partial charge in [-0.1, -0.05) is 18.2 Å². The molecule has 0 radical (unpaired) electrons. The van der Waals surface area contributed by atoms with E-state index < -0.39 is 12.1 Å². The number of carbonyl (C=O) groups is 3. The molecule has 6 nitrogen and oxygen atoms in total. The number of para-hydroxylation sites is 1. The van der Waals surface area contributed by atoms with E-state index in [2.05, 4.69) is 4.98 Å². The number of rotatable bonds is 4. The molecule has 0 saturated heterocycles. The van der Waals surface area contributed by atoms with Crippen molar-refractivity contribution in [2.24, 2.45) is 0 Å². The van der Waals surface area contributed by atoms with Crippen LogP contribution in [0.3, 0.4) is 0 Å². The van der Waals surface area contributed by atoms with E-state index in [1.807, 2.05) is 31.2 Å². The minimum absolute atomic E-state index is 0.00911. The molecular weight excluding hydrogens is 344 g/mol. The van der Waals surface area contributed by atoms with Crippen molar-refractivity contribution < 1.29 is 19.1 Å². The largest absolute Gasteiger partial charge is 0.448 e. The van der Waals surface area contributed by atoms with Crippen LogP contribution in [-0.4, -0.2) is 34.8 Å². The number of benzene rings is 1. The molecule has 0 spiro atoms. The van der Waals surface area contributed by atoms with Gasteiger partial charge < -0.3 is 14.6 Å². The Morgan fingerprint density at radius 2 is 1.89 bits per heavy atom. The van der Waals surface area contributed by atoms with Crippen molar-refractivity contribution in [1.82, 2.24) is 4.98 Å². The number of hydrogen-bond donors (Lipinski definition) is 1. The van der Waals surface area contributed by atoms with E-state index in [0.717, 1.165) is 17.7 Å². The summed E-state index contributed by atoms with van der Waals surface area (Å²) in [7, 11) is 0. The number of nitrogens with one attached hydrogen (secondary N) is 1. The lowest BCUT2D eigenvalue weighted by molar-refractivity contribution is -0.126. The molecule has 6 heteroatoms. The molecule has 1 amide bonds. The standard InChI is InChI=1S/C21H24N2O4/c1-11-10-16-8-6-7-9-17(16)23(11)20(25)15(5)27-21(26)19-12(2)18(14(4)24)13(3)22-19/h6-9,11,15,22H,10H2,1-5H3/t11-,15-/m1/s1. The van der Waals surface area contributed by atoms with Gasteiger partial charge in [0.1, 0.15) is 5.69 Å². The Morgan fingerprint density at radius 1 is 1.22 bits per heavy atom. The normalized spacial score (nSPS) is 16.8. The van der Waals surface area contributed by atoms with Gasteiger partial charge in [0.25, 0.3) is 5.91 Å². The predicted molar refractivity (Wildman–Crippen MR) is 102 cm³/mol. The number of H-pyrrole nitrogens is 1. The summed E-state index contributed by atoms with van der Waals surface area (Å²) >= 11 is 0. The molecule has 0 aliphatic carbocycles. The van der Waals surface area contributed by atoms with Crippen LogP contribution in [0.15, 0.2) is 24.3 Å². The number of nitrogens with zero attached hydrogens (tertiary/aromatic N) is 1. The van der Waals surface area contributed by atoms with Gasteiger partial charge in [-0.3, -0.25) is 9.59 Å². The molecule has 1 N–H and O–H groups in total. The van der Waals surface area contributed by atoms with Gasteiger partial charge >= 0.3 is 5.97 Å². The number of ether oxygens (including phenoxy) is 1. The van der Waals surface area contributed by atoms with E-state index in [1.165, 1.54) is 6.92 Å². The highest BCUT2D eigenvalue weighted by Crippen LogP contribution is 2.32. The Balaban J connectivity index is 1.79. The molecule has 1 aromatic heterocycles. The first-order chi connectivity index (χ1) is 12.7. The number of amides is 1. The van der Waals surface area contributed by atoms with Gasteiger partial charge in [0.05, 0.1) is 0 Å². The van der Waals surface area contributed by atoms with Gasteiger partial charge in [0.15, 0.2) is 11.9 Å². The van der Waals surface area contributed by atoms with Crippen LogP contribution in [0.1, 0.15) is 58.4 Å². The van der Waals surface area contributed by atoms with Gasteiger partial charge in [-0.2, -0.15) is 0 Å². The first-order valence-corrected chi connectivity index (χ1v) is 9.04. The van der Waals surface area contributed by atoms with Crippen LogP contribution in [0.25, 0.3) is 0 Å². The fraction of sp³-hybridized carbons (Fsp3) is 0.381. The Kier molecular flexibility index (Phi) is 4.91. The molecular formula is C21H24N2O4. The molecule has 2 heterocycles. The van der Waals surface area contributed by atoms with Gasteiger partial charge in [-0.25, -0.2) is 4.79 Å². The van der Waals surface area contributed by atoms with Crippen LogP contribution in [0, 0.1) is 13.8 Å².